The predicted molar refractivity (Wildman–Crippen MR) is 107 cm³/mol. The second kappa shape index (κ2) is 9.93. The Kier molecular flexibility index (Phi) is 7.62. The van der Waals surface area contributed by atoms with E-state index >= 15 is 0 Å². The molecule has 2 aromatic rings. The van der Waals surface area contributed by atoms with Crippen molar-refractivity contribution in [1.82, 2.24) is 20.4 Å². The minimum Gasteiger partial charge on any atom is -0.455 e. The van der Waals surface area contributed by atoms with Gasteiger partial charge in [0.2, 0.25) is 0 Å². The van der Waals surface area contributed by atoms with Crippen LogP contribution in [0.15, 0.2) is 35.2 Å². The van der Waals surface area contributed by atoms with Crippen molar-refractivity contribution in [1.29, 1.82) is 0 Å². The molecule has 0 aliphatic heterocycles. The van der Waals surface area contributed by atoms with Crippen LogP contribution < -0.4 is 10.6 Å². The number of aromatic nitrogens is 2. The molecule has 1 aromatic heterocycles. The topological polar surface area (TPSA) is 102 Å². The van der Waals surface area contributed by atoms with Crippen molar-refractivity contribution in [2.75, 3.05) is 12.4 Å². The summed E-state index contributed by atoms with van der Waals surface area (Å²) in [5, 5.41) is 9.13. The van der Waals surface area contributed by atoms with Gasteiger partial charge in [0.15, 0.2) is 6.61 Å². The van der Waals surface area contributed by atoms with Gasteiger partial charge < -0.3 is 10.1 Å². The first-order chi connectivity index (χ1) is 13.3. The Balaban J connectivity index is 1.86. The zero-order valence-corrected chi connectivity index (χ0v) is 17.1. The molecule has 28 heavy (non-hydrogen) atoms. The van der Waals surface area contributed by atoms with Crippen LogP contribution in [0.4, 0.5) is 4.79 Å². The van der Waals surface area contributed by atoms with Gasteiger partial charge in [0.05, 0.1) is 27.7 Å². The number of benzene rings is 1. The molecule has 0 spiro atoms. The minimum absolute atomic E-state index is 0.0354. The van der Waals surface area contributed by atoms with Crippen LogP contribution in [0.1, 0.15) is 25.2 Å². The lowest BCUT2D eigenvalue weighted by atomic mass is 10.3. The molecule has 1 aromatic carbocycles. The smallest absolute Gasteiger partial charge is 0.321 e. The Morgan fingerprint density at radius 3 is 2.50 bits per heavy atom. The third kappa shape index (κ3) is 6.12. The summed E-state index contributed by atoms with van der Waals surface area (Å²) in [6, 6.07) is 8.99. The van der Waals surface area contributed by atoms with Gasteiger partial charge in [-0.1, -0.05) is 18.2 Å². The van der Waals surface area contributed by atoms with Crippen LogP contribution >= 0.6 is 11.8 Å². The average Bonchev–Trinajstić information content (AvgIpc) is 2.92. The van der Waals surface area contributed by atoms with Gasteiger partial charge in [0, 0.05) is 6.04 Å². The van der Waals surface area contributed by atoms with Crippen LogP contribution in [0.2, 0.25) is 0 Å². The van der Waals surface area contributed by atoms with Gasteiger partial charge in [-0.3, -0.25) is 14.9 Å². The number of amides is 3. The molecule has 2 N–H and O–H groups in total. The monoisotopic (exact) mass is 404 g/mol. The van der Waals surface area contributed by atoms with Crippen LogP contribution in [0.25, 0.3) is 5.69 Å². The molecule has 3 amide bonds. The Hall–Kier alpha value is -2.81. The van der Waals surface area contributed by atoms with Gasteiger partial charge >= 0.3 is 12.0 Å². The van der Waals surface area contributed by atoms with Gasteiger partial charge in [-0.25, -0.2) is 9.48 Å². The maximum Gasteiger partial charge on any atom is 0.321 e. The van der Waals surface area contributed by atoms with E-state index in [2.05, 4.69) is 15.7 Å². The molecular weight excluding hydrogens is 380 g/mol. The molecule has 0 atom stereocenters. The highest BCUT2D eigenvalue weighted by molar-refractivity contribution is 8.00. The lowest BCUT2D eigenvalue weighted by Crippen LogP contribution is -2.44. The second-order valence-electron chi connectivity index (χ2n) is 6.37. The maximum atomic E-state index is 11.9. The Bertz CT molecular complexity index is 849. The summed E-state index contributed by atoms with van der Waals surface area (Å²) < 4.78 is 6.75. The number of ether oxygens (including phenoxy) is 1. The molecule has 0 unspecified atom stereocenters. The van der Waals surface area contributed by atoms with E-state index in [4.69, 9.17) is 4.74 Å². The van der Waals surface area contributed by atoms with Crippen molar-refractivity contribution in [3.63, 3.8) is 0 Å². The van der Waals surface area contributed by atoms with Crippen molar-refractivity contribution in [2.45, 2.75) is 38.6 Å². The first kappa shape index (κ1) is 21.5. The van der Waals surface area contributed by atoms with Gasteiger partial charge in [0.1, 0.15) is 0 Å². The fourth-order valence-corrected chi connectivity index (χ4v) is 3.33. The lowest BCUT2D eigenvalue weighted by Gasteiger charge is -2.09. The van der Waals surface area contributed by atoms with E-state index in [1.807, 2.05) is 48.9 Å². The molecule has 0 aliphatic carbocycles. The molecule has 9 heteroatoms. The molecule has 0 fully saturated rings. The van der Waals surface area contributed by atoms with Crippen molar-refractivity contribution in [3.8, 4) is 5.69 Å². The summed E-state index contributed by atoms with van der Waals surface area (Å²) in [5.41, 5.74) is 2.67. The molecule has 8 nitrogen and oxygen atoms in total. The largest absolute Gasteiger partial charge is 0.455 e. The summed E-state index contributed by atoms with van der Waals surface area (Å²) in [7, 11) is 0. The van der Waals surface area contributed by atoms with Crippen LogP contribution in [0.5, 0.6) is 0 Å². The molecule has 1 heterocycles. The summed E-state index contributed by atoms with van der Waals surface area (Å²) in [4.78, 5) is 35.9. The van der Waals surface area contributed by atoms with E-state index in [9.17, 15) is 14.4 Å². The summed E-state index contributed by atoms with van der Waals surface area (Å²) in [6.07, 6.45) is 0. The van der Waals surface area contributed by atoms with Gasteiger partial charge in [0.25, 0.3) is 5.91 Å². The first-order valence-electron chi connectivity index (χ1n) is 8.78. The lowest BCUT2D eigenvalue weighted by molar-refractivity contribution is -0.145. The average molecular weight is 404 g/mol. The molecule has 0 saturated heterocycles. The highest BCUT2D eigenvalue weighted by atomic mass is 32.2. The van der Waals surface area contributed by atoms with Crippen molar-refractivity contribution < 1.29 is 19.1 Å². The molecular formula is C19H24N4O4S. The zero-order chi connectivity index (χ0) is 20.7. The Morgan fingerprint density at radius 1 is 1.18 bits per heavy atom. The fourth-order valence-electron chi connectivity index (χ4n) is 2.44. The summed E-state index contributed by atoms with van der Waals surface area (Å²) >= 11 is 1.30. The van der Waals surface area contributed by atoms with Gasteiger partial charge in [-0.05, 0) is 39.8 Å². The number of urea groups is 1. The van der Waals surface area contributed by atoms with Crippen molar-refractivity contribution in [3.05, 3.63) is 41.7 Å². The molecule has 0 bridgehead atoms. The van der Waals surface area contributed by atoms with Crippen LogP contribution in [-0.2, 0) is 14.3 Å². The van der Waals surface area contributed by atoms with Crippen LogP contribution in [0.3, 0.4) is 0 Å². The number of hydrogen-bond acceptors (Lipinski definition) is 6. The van der Waals surface area contributed by atoms with Gasteiger partial charge in [-0.15, -0.1) is 11.8 Å². The Morgan fingerprint density at radius 2 is 1.86 bits per heavy atom. The number of rotatable bonds is 7. The number of imide groups is 1. The summed E-state index contributed by atoms with van der Waals surface area (Å²) in [5.74, 6) is -1.19. The molecule has 0 saturated carbocycles. The highest BCUT2D eigenvalue weighted by Gasteiger charge is 2.16. The third-order valence-corrected chi connectivity index (χ3v) is 4.86. The number of para-hydroxylation sites is 1. The van der Waals surface area contributed by atoms with Gasteiger partial charge in [-0.2, -0.15) is 5.10 Å². The standard InChI is InChI=1S/C19H24N4O4S/c1-12(2)20-19(26)21-16(24)10-27-17(25)11-28-18-13(3)22-23(14(18)4)15-8-6-5-7-9-15/h5-9,12H,10-11H2,1-4H3,(H2,20,21,24,26). The Labute approximate surface area is 168 Å². The second-order valence-corrected chi connectivity index (χ2v) is 7.36. The van der Waals surface area contributed by atoms with E-state index in [1.165, 1.54) is 11.8 Å². The van der Waals surface area contributed by atoms with Crippen LogP contribution in [-0.4, -0.2) is 46.1 Å². The molecule has 0 aliphatic rings. The van der Waals surface area contributed by atoms with E-state index in [1.54, 1.807) is 13.8 Å². The number of carbonyl (C=O) groups excluding carboxylic acids is 3. The predicted octanol–water partition coefficient (Wildman–Crippen LogP) is 2.36. The quantitative estimate of drug-likeness (QED) is 0.543. The van der Waals surface area contributed by atoms with E-state index < -0.39 is 24.5 Å². The van der Waals surface area contributed by atoms with Crippen molar-refractivity contribution in [2.24, 2.45) is 0 Å². The number of carbonyl (C=O) groups is 3. The minimum atomic E-state index is -0.680. The third-order valence-electron chi connectivity index (χ3n) is 3.60. The normalized spacial score (nSPS) is 10.6. The SMILES string of the molecule is Cc1nn(-c2ccccc2)c(C)c1SCC(=O)OCC(=O)NC(=O)NC(C)C. The first-order valence-corrected chi connectivity index (χ1v) is 9.77. The molecule has 2 rings (SSSR count). The maximum absolute atomic E-state index is 11.9. The van der Waals surface area contributed by atoms with Crippen LogP contribution in [0, 0.1) is 13.8 Å². The number of nitrogens with one attached hydrogen (secondary N) is 2. The number of nitrogens with zero attached hydrogens (tertiary/aromatic N) is 2. The number of esters is 1. The fraction of sp³-hybridized carbons (Fsp3) is 0.368. The summed E-state index contributed by atoms with van der Waals surface area (Å²) in [6.45, 7) is 6.84. The highest BCUT2D eigenvalue weighted by Crippen LogP contribution is 2.27. The number of thioether (sulfide) groups is 1. The van der Waals surface area contributed by atoms with E-state index in [0.717, 1.165) is 22.0 Å². The number of hydrogen-bond donors (Lipinski definition) is 2. The van der Waals surface area contributed by atoms with Crippen molar-refractivity contribution >= 4 is 29.7 Å². The molecule has 150 valence electrons. The molecule has 0 radical (unpaired) electrons. The number of aryl methyl sites for hydroxylation is 1. The van der Waals surface area contributed by atoms with E-state index in [0.29, 0.717) is 0 Å². The zero-order valence-electron chi connectivity index (χ0n) is 16.3. The van der Waals surface area contributed by atoms with E-state index in [-0.39, 0.29) is 11.8 Å².